The summed E-state index contributed by atoms with van der Waals surface area (Å²) in [6, 6.07) is 8.47. The Morgan fingerprint density at radius 2 is 2.07 bits per heavy atom. The molecule has 0 fully saturated rings. The lowest BCUT2D eigenvalue weighted by Gasteiger charge is -2.19. The summed E-state index contributed by atoms with van der Waals surface area (Å²) in [6.07, 6.45) is 0.0587. The Bertz CT molecular complexity index is 1030. The second kappa shape index (κ2) is 8.48. The van der Waals surface area contributed by atoms with Crippen molar-refractivity contribution in [1.82, 2.24) is 19.5 Å². The molecule has 3 aromatic rings. The van der Waals surface area contributed by atoms with Crippen molar-refractivity contribution in [2.75, 3.05) is 12.3 Å². The van der Waals surface area contributed by atoms with E-state index < -0.39 is 26.2 Å². The zero-order valence-electron chi connectivity index (χ0n) is 14.3. The van der Waals surface area contributed by atoms with E-state index in [-0.39, 0.29) is 23.8 Å². The van der Waals surface area contributed by atoms with E-state index in [2.05, 4.69) is 19.5 Å². The molecule has 2 aromatic heterocycles. The van der Waals surface area contributed by atoms with Crippen LogP contribution in [0.25, 0.3) is 11.2 Å². The molecular weight excluding hydrogens is 395 g/mol. The van der Waals surface area contributed by atoms with Crippen LogP contribution >= 0.6 is 7.74 Å². The van der Waals surface area contributed by atoms with Crippen molar-refractivity contribution in [3.05, 3.63) is 47.0 Å². The number of nitrogens with zero attached hydrogens (tertiary/aromatic N) is 3. The number of H-pyrrole nitrogens is 1. The van der Waals surface area contributed by atoms with Crippen LogP contribution in [0.2, 0.25) is 0 Å². The molecular formula is C14H17N6O7P. The lowest BCUT2D eigenvalue weighted by atomic mass is 10.3. The zero-order chi connectivity index (χ0) is 20.1. The Hall–Kier alpha value is -2.80. The maximum absolute atomic E-state index is 11.8. The van der Waals surface area contributed by atoms with Gasteiger partial charge < -0.3 is 25.1 Å². The molecule has 28 heavy (non-hydrogen) atoms. The van der Waals surface area contributed by atoms with Crippen LogP contribution in [0.4, 0.5) is 5.95 Å². The molecule has 0 saturated heterocycles. The zero-order valence-corrected chi connectivity index (χ0v) is 15.2. The van der Waals surface area contributed by atoms with Crippen LogP contribution < -0.4 is 16.2 Å². The summed E-state index contributed by atoms with van der Waals surface area (Å²) in [6.45, 7) is -0.723. The van der Waals surface area contributed by atoms with Crippen molar-refractivity contribution in [1.29, 1.82) is 5.16 Å². The fraction of sp³-hybridized carbons (Fsp3) is 0.214. The molecule has 1 atom stereocenters. The molecule has 13 nitrogen and oxygen atoms in total. The number of fused-ring (bicyclic) bond motifs is 1. The maximum atomic E-state index is 11.8. The van der Waals surface area contributed by atoms with E-state index in [1.807, 2.05) is 0 Å². The molecule has 14 heteroatoms. The average Bonchev–Trinajstić information content (AvgIpc) is 3.04. The van der Waals surface area contributed by atoms with Gasteiger partial charge in [-0.1, -0.05) is 18.2 Å². The van der Waals surface area contributed by atoms with Gasteiger partial charge >= 0.3 is 7.74 Å². The summed E-state index contributed by atoms with van der Waals surface area (Å²) in [5.41, 5.74) is 5.27. The SMILES string of the molecule is N=P(O)(O)OC[C@@H](OCn1cnc2c(=O)[nH]c(N)nc21)OOc1ccccc1. The number of rotatable bonds is 9. The first-order valence-corrected chi connectivity index (χ1v) is 9.38. The third kappa shape index (κ3) is 5.36. The number of hydrogen-bond donors (Lipinski definition) is 5. The van der Waals surface area contributed by atoms with Crippen LogP contribution in [0.5, 0.6) is 5.75 Å². The molecule has 0 aliphatic carbocycles. The minimum atomic E-state index is -4.26. The van der Waals surface area contributed by atoms with E-state index in [0.29, 0.717) is 5.75 Å². The number of anilines is 1. The molecule has 0 aliphatic heterocycles. The van der Waals surface area contributed by atoms with Crippen molar-refractivity contribution >= 4 is 24.8 Å². The van der Waals surface area contributed by atoms with Gasteiger partial charge in [0.2, 0.25) is 12.2 Å². The fourth-order valence-electron chi connectivity index (χ4n) is 2.08. The van der Waals surface area contributed by atoms with Gasteiger partial charge in [0.1, 0.15) is 13.3 Å². The highest BCUT2D eigenvalue weighted by Crippen LogP contribution is 2.37. The lowest BCUT2D eigenvalue weighted by Crippen LogP contribution is -2.26. The number of ether oxygens (including phenoxy) is 1. The number of benzene rings is 1. The second-order valence-corrected chi connectivity index (χ2v) is 6.74. The predicted octanol–water partition coefficient (Wildman–Crippen LogP) is 0.539. The van der Waals surface area contributed by atoms with Gasteiger partial charge in [-0.05, 0) is 12.1 Å². The van der Waals surface area contributed by atoms with E-state index in [0.717, 1.165) is 0 Å². The summed E-state index contributed by atoms with van der Waals surface area (Å²) >= 11 is 0. The van der Waals surface area contributed by atoms with Crippen molar-refractivity contribution in [3.63, 3.8) is 0 Å². The van der Waals surface area contributed by atoms with Gasteiger partial charge in [0.15, 0.2) is 16.9 Å². The summed E-state index contributed by atoms with van der Waals surface area (Å²) in [5, 5.41) is 7.02. The summed E-state index contributed by atoms with van der Waals surface area (Å²) in [5.74, 6) is 0.275. The first-order valence-electron chi connectivity index (χ1n) is 7.76. The van der Waals surface area contributed by atoms with E-state index in [1.54, 1.807) is 30.3 Å². The molecule has 0 unspecified atom stereocenters. The van der Waals surface area contributed by atoms with Gasteiger partial charge in [0, 0.05) is 0 Å². The lowest BCUT2D eigenvalue weighted by molar-refractivity contribution is -0.332. The minimum absolute atomic E-state index is 0.0638. The predicted molar refractivity (Wildman–Crippen MR) is 95.6 cm³/mol. The van der Waals surface area contributed by atoms with E-state index >= 15 is 0 Å². The maximum Gasteiger partial charge on any atom is 0.347 e. The molecule has 2 heterocycles. The molecule has 0 spiro atoms. The van der Waals surface area contributed by atoms with Crippen LogP contribution in [0, 0.1) is 5.16 Å². The first kappa shape index (κ1) is 19.9. The summed E-state index contributed by atoms with van der Waals surface area (Å²) in [7, 11) is -4.26. The van der Waals surface area contributed by atoms with Crippen LogP contribution in [0.15, 0.2) is 41.5 Å². The molecule has 0 amide bonds. The normalized spacial score (nSPS) is 12.9. The monoisotopic (exact) mass is 412 g/mol. The van der Waals surface area contributed by atoms with E-state index in [9.17, 15) is 4.79 Å². The number of para-hydroxylation sites is 1. The molecule has 0 aliphatic rings. The number of hydrogen-bond acceptors (Lipinski definition) is 9. The van der Waals surface area contributed by atoms with E-state index in [4.69, 9.17) is 35.2 Å². The molecule has 150 valence electrons. The molecule has 0 saturated carbocycles. The molecule has 0 radical (unpaired) electrons. The molecule has 0 bridgehead atoms. The summed E-state index contributed by atoms with van der Waals surface area (Å²) in [4.78, 5) is 50.4. The van der Waals surface area contributed by atoms with Crippen molar-refractivity contribution in [2.24, 2.45) is 0 Å². The number of aromatic nitrogens is 4. The van der Waals surface area contributed by atoms with Gasteiger partial charge in [-0.3, -0.25) is 18.9 Å². The third-order valence-electron chi connectivity index (χ3n) is 3.28. The van der Waals surface area contributed by atoms with Crippen molar-refractivity contribution in [2.45, 2.75) is 13.0 Å². The minimum Gasteiger partial charge on any atom is -0.369 e. The highest BCUT2D eigenvalue weighted by Gasteiger charge is 2.19. The second-order valence-electron chi connectivity index (χ2n) is 5.40. The quantitative estimate of drug-likeness (QED) is 0.143. The Morgan fingerprint density at radius 3 is 2.79 bits per heavy atom. The Kier molecular flexibility index (Phi) is 6.04. The molecule has 6 N–H and O–H groups in total. The number of imidazole rings is 1. The highest BCUT2D eigenvalue weighted by molar-refractivity contribution is 7.47. The topological polar surface area (TPSA) is 191 Å². The van der Waals surface area contributed by atoms with Crippen LogP contribution in [0.1, 0.15) is 0 Å². The van der Waals surface area contributed by atoms with Gasteiger partial charge in [0.25, 0.3) is 5.56 Å². The third-order valence-corrected chi connectivity index (χ3v) is 3.79. The van der Waals surface area contributed by atoms with Gasteiger partial charge in [0.05, 0.1) is 6.33 Å². The van der Waals surface area contributed by atoms with Crippen LogP contribution in [0.3, 0.4) is 0 Å². The number of aromatic amines is 1. The standard InChI is InChI=1S/C14H17N6O7P/c15-14-18-12-11(13(21)19-14)17-7-20(12)8-24-10(6-25-28(16,22)23)27-26-9-4-2-1-3-5-9/h1-5,7,10H,6,8H2,(H3,16,22,23)(H3,15,18,19,21)/t10-/m0/s1. The van der Waals surface area contributed by atoms with Crippen LogP contribution in [-0.2, 0) is 20.9 Å². The highest BCUT2D eigenvalue weighted by atomic mass is 31.2. The Morgan fingerprint density at radius 1 is 1.32 bits per heavy atom. The van der Waals surface area contributed by atoms with E-state index in [1.165, 1.54) is 10.9 Å². The largest absolute Gasteiger partial charge is 0.369 e. The van der Waals surface area contributed by atoms with Crippen LogP contribution in [-0.4, -0.2) is 42.2 Å². The average molecular weight is 412 g/mol. The van der Waals surface area contributed by atoms with Gasteiger partial charge in [-0.15, -0.1) is 0 Å². The number of nitrogens with two attached hydrogens (primary N) is 1. The number of nitrogen functional groups attached to an aromatic ring is 1. The molecule has 3 rings (SSSR count). The number of nitrogens with one attached hydrogen (secondary N) is 2. The van der Waals surface area contributed by atoms with Crippen molar-refractivity contribution < 1.29 is 28.8 Å². The van der Waals surface area contributed by atoms with Gasteiger partial charge in [-0.25, -0.2) is 10.1 Å². The first-order chi connectivity index (χ1) is 13.3. The Labute approximate surface area is 157 Å². The van der Waals surface area contributed by atoms with Gasteiger partial charge in [-0.2, -0.15) is 9.87 Å². The molecule has 1 aromatic carbocycles. The summed E-state index contributed by atoms with van der Waals surface area (Å²) < 4.78 is 11.5. The fourth-order valence-corrected chi connectivity index (χ4v) is 2.41. The smallest absolute Gasteiger partial charge is 0.347 e. The Balaban J connectivity index is 1.70. The van der Waals surface area contributed by atoms with Crippen molar-refractivity contribution in [3.8, 4) is 5.75 Å².